The summed E-state index contributed by atoms with van der Waals surface area (Å²) >= 11 is 0. The van der Waals surface area contributed by atoms with E-state index in [-0.39, 0.29) is 46.3 Å². The maximum absolute atomic E-state index is 12.2. The van der Waals surface area contributed by atoms with Crippen molar-refractivity contribution in [1.29, 1.82) is 0 Å². The SMILES string of the molecule is CC12CCC(=O)C=C1C[C@@H](C=O)C1C2[C@H](O)CC2(C)C1CC[C@@]21CCC(=O)O1. The molecule has 152 valence electrons. The summed E-state index contributed by atoms with van der Waals surface area (Å²) in [6, 6.07) is 0. The van der Waals surface area contributed by atoms with Gasteiger partial charge in [0.2, 0.25) is 0 Å². The van der Waals surface area contributed by atoms with Crippen molar-refractivity contribution in [3.63, 3.8) is 0 Å². The first kappa shape index (κ1) is 18.5. The lowest BCUT2D eigenvalue weighted by Crippen LogP contribution is -2.61. The summed E-state index contributed by atoms with van der Waals surface area (Å²) in [5.41, 5.74) is 0.0716. The molecule has 1 saturated heterocycles. The van der Waals surface area contributed by atoms with E-state index in [0.29, 0.717) is 25.7 Å². The number of ketones is 1. The molecule has 8 atom stereocenters. The quantitative estimate of drug-likeness (QED) is 0.553. The number of aliphatic hydroxyl groups excluding tert-OH is 1. The second-order valence-corrected chi connectivity index (χ2v) is 10.5. The molecule has 3 saturated carbocycles. The highest BCUT2D eigenvalue weighted by Gasteiger charge is 2.70. The number of carbonyl (C=O) groups excluding carboxylic acids is 3. The van der Waals surface area contributed by atoms with Gasteiger partial charge in [0.15, 0.2) is 5.78 Å². The zero-order valence-electron chi connectivity index (χ0n) is 16.8. The first-order valence-electron chi connectivity index (χ1n) is 10.8. The second kappa shape index (κ2) is 5.78. The molecule has 4 fully saturated rings. The van der Waals surface area contributed by atoms with Crippen LogP contribution in [0, 0.1) is 34.5 Å². The summed E-state index contributed by atoms with van der Waals surface area (Å²) < 4.78 is 5.93. The van der Waals surface area contributed by atoms with Crippen LogP contribution in [0.5, 0.6) is 0 Å². The molecule has 0 amide bonds. The van der Waals surface area contributed by atoms with Crippen LogP contribution in [0.4, 0.5) is 0 Å². The summed E-state index contributed by atoms with van der Waals surface area (Å²) in [5.74, 6) is 0.168. The summed E-state index contributed by atoms with van der Waals surface area (Å²) in [6.07, 6.45) is 7.72. The number of aliphatic hydroxyl groups is 1. The molecule has 1 heterocycles. The van der Waals surface area contributed by atoms with E-state index in [2.05, 4.69) is 13.8 Å². The van der Waals surface area contributed by atoms with Gasteiger partial charge < -0.3 is 14.6 Å². The third-order valence-corrected chi connectivity index (χ3v) is 9.51. The van der Waals surface area contributed by atoms with Gasteiger partial charge in [0, 0.05) is 24.2 Å². The number of hydrogen-bond donors (Lipinski definition) is 1. The lowest BCUT2D eigenvalue weighted by Gasteiger charge is -2.62. The second-order valence-electron chi connectivity index (χ2n) is 10.5. The highest BCUT2D eigenvalue weighted by atomic mass is 16.6. The average Bonchev–Trinajstić information content (AvgIpc) is 3.15. The Morgan fingerprint density at radius 3 is 2.64 bits per heavy atom. The van der Waals surface area contributed by atoms with E-state index in [4.69, 9.17) is 4.74 Å². The molecule has 0 bridgehead atoms. The number of ether oxygens (including phenoxy) is 1. The smallest absolute Gasteiger partial charge is 0.306 e. The van der Waals surface area contributed by atoms with Crippen molar-refractivity contribution in [2.24, 2.45) is 34.5 Å². The summed E-state index contributed by atoms with van der Waals surface area (Å²) in [7, 11) is 0. The molecule has 1 N–H and O–H groups in total. The van der Waals surface area contributed by atoms with E-state index >= 15 is 0 Å². The first-order chi connectivity index (χ1) is 13.2. The van der Waals surface area contributed by atoms with Crippen LogP contribution in [0.2, 0.25) is 0 Å². The Morgan fingerprint density at radius 1 is 1.18 bits per heavy atom. The van der Waals surface area contributed by atoms with E-state index < -0.39 is 11.7 Å². The van der Waals surface area contributed by atoms with Crippen LogP contribution in [0.25, 0.3) is 0 Å². The molecule has 4 aliphatic carbocycles. The van der Waals surface area contributed by atoms with Gasteiger partial charge in [0.05, 0.1) is 6.10 Å². The predicted molar refractivity (Wildman–Crippen MR) is 101 cm³/mol. The van der Waals surface area contributed by atoms with Crippen LogP contribution < -0.4 is 0 Å². The van der Waals surface area contributed by atoms with Crippen LogP contribution in [-0.4, -0.2) is 34.9 Å². The molecular formula is C23H30O5. The molecule has 5 rings (SSSR count). The average molecular weight is 386 g/mol. The number of allylic oxidation sites excluding steroid dienone is 1. The minimum Gasteiger partial charge on any atom is -0.458 e. The molecule has 5 unspecified atom stereocenters. The number of fused-ring (bicyclic) bond motifs is 6. The number of rotatable bonds is 1. The van der Waals surface area contributed by atoms with Crippen LogP contribution in [0.1, 0.15) is 65.2 Å². The zero-order chi connectivity index (χ0) is 19.9. The number of esters is 1. The molecule has 28 heavy (non-hydrogen) atoms. The highest BCUT2D eigenvalue weighted by Crippen LogP contribution is 2.70. The third kappa shape index (κ3) is 2.14. The van der Waals surface area contributed by atoms with Crippen molar-refractivity contribution in [2.75, 3.05) is 0 Å². The Morgan fingerprint density at radius 2 is 1.96 bits per heavy atom. The van der Waals surface area contributed by atoms with Gasteiger partial charge in [-0.25, -0.2) is 0 Å². The van der Waals surface area contributed by atoms with E-state index in [1.54, 1.807) is 6.08 Å². The maximum Gasteiger partial charge on any atom is 0.306 e. The van der Waals surface area contributed by atoms with Crippen LogP contribution >= 0.6 is 0 Å². The predicted octanol–water partition coefficient (Wildman–Crippen LogP) is 2.99. The largest absolute Gasteiger partial charge is 0.458 e. The Balaban J connectivity index is 1.60. The number of carbonyl (C=O) groups is 3. The number of hydrogen-bond acceptors (Lipinski definition) is 5. The summed E-state index contributed by atoms with van der Waals surface area (Å²) in [5, 5.41) is 11.4. The topological polar surface area (TPSA) is 80.7 Å². The van der Waals surface area contributed by atoms with E-state index in [9.17, 15) is 19.5 Å². The molecule has 0 aromatic carbocycles. The maximum atomic E-state index is 12.2. The van der Waals surface area contributed by atoms with Crippen molar-refractivity contribution in [2.45, 2.75) is 76.9 Å². The minimum atomic E-state index is -0.551. The number of aldehydes is 1. The molecule has 0 aromatic heterocycles. The van der Waals surface area contributed by atoms with Gasteiger partial charge in [0.25, 0.3) is 0 Å². The molecule has 5 nitrogen and oxygen atoms in total. The van der Waals surface area contributed by atoms with Gasteiger partial charge in [-0.2, -0.15) is 0 Å². The van der Waals surface area contributed by atoms with Gasteiger partial charge in [-0.3, -0.25) is 9.59 Å². The Kier molecular flexibility index (Phi) is 3.82. The summed E-state index contributed by atoms with van der Waals surface area (Å²) in [4.78, 5) is 36.2. The summed E-state index contributed by atoms with van der Waals surface area (Å²) in [6.45, 7) is 4.37. The van der Waals surface area contributed by atoms with Crippen molar-refractivity contribution < 1.29 is 24.2 Å². The fourth-order valence-electron chi connectivity index (χ4n) is 8.15. The first-order valence-corrected chi connectivity index (χ1v) is 10.8. The van der Waals surface area contributed by atoms with Crippen molar-refractivity contribution in [1.82, 2.24) is 0 Å². The van der Waals surface area contributed by atoms with Crippen molar-refractivity contribution in [3.05, 3.63) is 11.6 Å². The van der Waals surface area contributed by atoms with E-state index in [0.717, 1.165) is 37.5 Å². The standard InChI is InChI=1S/C23H30O5/c1-21-6-3-15(25)10-14(21)9-13(12-24)19-16-4-7-23(8-5-18(27)28-23)22(16,2)11-17(26)20(19)21/h10,12-13,16-17,19-20,26H,3-9,11H2,1-2H3/t13-,16?,17+,19?,20?,21?,22?,23+/m0/s1. The normalized spacial score (nSPS) is 52.5. The van der Waals surface area contributed by atoms with Crippen LogP contribution in [0.3, 0.4) is 0 Å². The molecule has 1 spiro atoms. The van der Waals surface area contributed by atoms with Gasteiger partial charge in [0.1, 0.15) is 11.9 Å². The zero-order valence-corrected chi connectivity index (χ0v) is 16.8. The van der Waals surface area contributed by atoms with Crippen molar-refractivity contribution >= 4 is 18.0 Å². The molecule has 0 aromatic rings. The van der Waals surface area contributed by atoms with E-state index in [1.165, 1.54) is 0 Å². The van der Waals surface area contributed by atoms with Gasteiger partial charge in [-0.15, -0.1) is 0 Å². The molecule has 1 aliphatic heterocycles. The van der Waals surface area contributed by atoms with Gasteiger partial charge in [-0.1, -0.05) is 19.4 Å². The van der Waals surface area contributed by atoms with Gasteiger partial charge in [-0.05, 0) is 67.8 Å². The molecule has 5 heteroatoms. The Bertz CT molecular complexity index is 786. The van der Waals surface area contributed by atoms with Crippen LogP contribution in [-0.2, 0) is 19.1 Å². The third-order valence-electron chi connectivity index (χ3n) is 9.51. The Labute approximate surface area is 165 Å². The van der Waals surface area contributed by atoms with Gasteiger partial charge >= 0.3 is 5.97 Å². The van der Waals surface area contributed by atoms with E-state index in [1.807, 2.05) is 0 Å². The lowest BCUT2D eigenvalue weighted by atomic mass is 9.43. The minimum absolute atomic E-state index is 0.0128. The highest BCUT2D eigenvalue weighted by molar-refractivity contribution is 5.91. The monoisotopic (exact) mass is 386 g/mol. The molecule has 0 radical (unpaired) electrons. The fourth-order valence-corrected chi connectivity index (χ4v) is 8.15. The fraction of sp³-hybridized carbons (Fsp3) is 0.783. The van der Waals surface area contributed by atoms with Crippen molar-refractivity contribution in [3.8, 4) is 0 Å². The van der Waals surface area contributed by atoms with Crippen LogP contribution in [0.15, 0.2) is 11.6 Å². The molecular weight excluding hydrogens is 356 g/mol. The molecule has 5 aliphatic rings. The Hall–Kier alpha value is -1.49. The lowest BCUT2D eigenvalue weighted by molar-refractivity contribution is -0.191.